The molecule has 0 fully saturated rings. The number of aryl methyl sites for hydroxylation is 1. The van der Waals surface area contributed by atoms with Gasteiger partial charge in [-0.3, -0.25) is 10.1 Å². The molecule has 0 amide bonds. The molecule has 4 heteroatoms. The normalized spacial score (nSPS) is 16.2. The van der Waals surface area contributed by atoms with Gasteiger partial charge in [-0.05, 0) is 38.8 Å². The standard InChI is InChI=1S/C18H21N3O/c1-3-22-15-9-7-8-14(12-15)19-16-10-5-4-6-11-17-18(16)13(2)20-21-17/h4,6-9,12H,3,5,10-11H2,1-2H3,(H,20,21). The Labute approximate surface area is 130 Å². The van der Waals surface area contributed by atoms with Crippen molar-refractivity contribution in [3.63, 3.8) is 0 Å². The summed E-state index contributed by atoms with van der Waals surface area (Å²) in [6.45, 7) is 4.71. The van der Waals surface area contributed by atoms with E-state index in [1.54, 1.807) is 0 Å². The van der Waals surface area contributed by atoms with Gasteiger partial charge in [0, 0.05) is 23.7 Å². The first-order chi connectivity index (χ1) is 10.8. The second-order valence-electron chi connectivity index (χ2n) is 5.37. The fourth-order valence-corrected chi connectivity index (χ4v) is 2.75. The predicted octanol–water partition coefficient (Wildman–Crippen LogP) is 4.13. The number of nitrogens with one attached hydrogen (secondary N) is 1. The van der Waals surface area contributed by atoms with Crippen LogP contribution in [-0.2, 0) is 6.42 Å². The van der Waals surface area contributed by atoms with E-state index in [2.05, 4.69) is 29.3 Å². The number of ether oxygens (including phenoxy) is 1. The smallest absolute Gasteiger partial charge is 0.121 e. The van der Waals surface area contributed by atoms with Gasteiger partial charge in [0.05, 0.1) is 23.7 Å². The SMILES string of the molecule is CCOc1cccc(N=C2CCC=CCc3n[nH]c(C)c32)c1. The first kappa shape index (κ1) is 14.6. The lowest BCUT2D eigenvalue weighted by Gasteiger charge is -2.10. The highest BCUT2D eigenvalue weighted by atomic mass is 16.5. The minimum atomic E-state index is 0.663. The summed E-state index contributed by atoms with van der Waals surface area (Å²) in [5.41, 5.74) is 5.36. The number of fused-ring (bicyclic) bond motifs is 1. The maximum Gasteiger partial charge on any atom is 0.121 e. The number of benzene rings is 1. The molecule has 1 aliphatic carbocycles. The molecule has 0 aliphatic heterocycles. The molecule has 1 heterocycles. The van der Waals surface area contributed by atoms with Crippen LogP contribution in [0.3, 0.4) is 0 Å². The molecule has 114 valence electrons. The Morgan fingerprint density at radius 3 is 3.09 bits per heavy atom. The Hall–Kier alpha value is -2.36. The van der Waals surface area contributed by atoms with Gasteiger partial charge in [0.2, 0.25) is 0 Å². The van der Waals surface area contributed by atoms with Crippen molar-refractivity contribution >= 4 is 11.4 Å². The van der Waals surface area contributed by atoms with Crippen molar-refractivity contribution in [2.24, 2.45) is 4.99 Å². The number of hydrogen-bond donors (Lipinski definition) is 1. The lowest BCUT2D eigenvalue weighted by molar-refractivity contribution is 0.340. The number of aromatic nitrogens is 2. The van der Waals surface area contributed by atoms with Crippen LogP contribution in [0.25, 0.3) is 0 Å². The number of hydrogen-bond acceptors (Lipinski definition) is 3. The van der Waals surface area contributed by atoms with Gasteiger partial charge in [0.15, 0.2) is 0 Å². The van der Waals surface area contributed by atoms with Gasteiger partial charge in [0.25, 0.3) is 0 Å². The summed E-state index contributed by atoms with van der Waals surface area (Å²) in [7, 11) is 0. The molecular formula is C18H21N3O. The van der Waals surface area contributed by atoms with Gasteiger partial charge in [-0.25, -0.2) is 0 Å². The van der Waals surface area contributed by atoms with Crippen LogP contribution in [0.5, 0.6) is 5.75 Å². The van der Waals surface area contributed by atoms with Crippen LogP contribution < -0.4 is 4.74 Å². The largest absolute Gasteiger partial charge is 0.494 e. The van der Waals surface area contributed by atoms with E-state index in [1.165, 1.54) is 5.56 Å². The summed E-state index contributed by atoms with van der Waals surface area (Å²) in [6, 6.07) is 7.94. The number of H-pyrrole nitrogens is 1. The molecule has 0 spiro atoms. The van der Waals surface area contributed by atoms with Gasteiger partial charge < -0.3 is 4.74 Å². The molecule has 0 bridgehead atoms. The molecule has 1 aromatic carbocycles. The van der Waals surface area contributed by atoms with Crippen molar-refractivity contribution < 1.29 is 4.74 Å². The van der Waals surface area contributed by atoms with E-state index >= 15 is 0 Å². The first-order valence-corrected chi connectivity index (χ1v) is 7.77. The van der Waals surface area contributed by atoms with Gasteiger partial charge in [-0.2, -0.15) is 5.10 Å². The molecule has 4 nitrogen and oxygen atoms in total. The summed E-state index contributed by atoms with van der Waals surface area (Å²) in [5.74, 6) is 0.860. The second kappa shape index (κ2) is 6.60. The third-order valence-electron chi connectivity index (χ3n) is 3.73. The van der Waals surface area contributed by atoms with Gasteiger partial charge >= 0.3 is 0 Å². The lowest BCUT2D eigenvalue weighted by Crippen LogP contribution is -2.06. The molecule has 0 unspecified atom stereocenters. The van der Waals surface area contributed by atoms with E-state index < -0.39 is 0 Å². The molecule has 0 radical (unpaired) electrons. The van der Waals surface area contributed by atoms with Crippen LogP contribution in [-0.4, -0.2) is 22.5 Å². The van der Waals surface area contributed by atoms with Crippen molar-refractivity contribution in [1.29, 1.82) is 0 Å². The number of allylic oxidation sites excluding steroid dienone is 2. The molecular weight excluding hydrogens is 274 g/mol. The number of aliphatic imine (C=N–C) groups is 1. The Kier molecular flexibility index (Phi) is 4.37. The van der Waals surface area contributed by atoms with Crippen molar-refractivity contribution in [3.8, 4) is 5.75 Å². The van der Waals surface area contributed by atoms with E-state index in [0.717, 1.165) is 47.8 Å². The summed E-state index contributed by atoms with van der Waals surface area (Å²) < 4.78 is 5.56. The van der Waals surface area contributed by atoms with Gasteiger partial charge in [-0.15, -0.1) is 0 Å². The highest BCUT2D eigenvalue weighted by Crippen LogP contribution is 2.25. The van der Waals surface area contributed by atoms with Crippen LogP contribution in [0, 0.1) is 6.92 Å². The van der Waals surface area contributed by atoms with E-state index in [4.69, 9.17) is 9.73 Å². The predicted molar refractivity (Wildman–Crippen MR) is 89.2 cm³/mol. The van der Waals surface area contributed by atoms with Crippen molar-refractivity contribution in [2.75, 3.05) is 6.61 Å². The summed E-state index contributed by atoms with van der Waals surface area (Å²) in [6.07, 6.45) is 7.18. The minimum Gasteiger partial charge on any atom is -0.494 e. The van der Waals surface area contributed by atoms with Crippen molar-refractivity contribution in [1.82, 2.24) is 10.2 Å². The van der Waals surface area contributed by atoms with Crippen molar-refractivity contribution in [2.45, 2.75) is 33.1 Å². The van der Waals surface area contributed by atoms with Crippen LogP contribution in [0.4, 0.5) is 5.69 Å². The average molecular weight is 295 g/mol. The zero-order valence-corrected chi connectivity index (χ0v) is 13.1. The quantitative estimate of drug-likeness (QED) is 0.866. The molecule has 0 saturated carbocycles. The summed E-state index contributed by atoms with van der Waals surface area (Å²) >= 11 is 0. The maximum atomic E-state index is 5.56. The molecule has 3 rings (SSSR count). The van der Waals surface area contributed by atoms with E-state index in [9.17, 15) is 0 Å². The zero-order valence-electron chi connectivity index (χ0n) is 13.1. The summed E-state index contributed by atoms with van der Waals surface area (Å²) in [5, 5.41) is 7.51. The maximum absolute atomic E-state index is 5.56. The first-order valence-electron chi connectivity index (χ1n) is 7.77. The molecule has 1 aromatic heterocycles. The zero-order chi connectivity index (χ0) is 15.4. The van der Waals surface area contributed by atoms with Crippen LogP contribution in [0.15, 0.2) is 41.4 Å². The Balaban J connectivity index is 2.00. The Morgan fingerprint density at radius 2 is 2.23 bits per heavy atom. The second-order valence-corrected chi connectivity index (χ2v) is 5.37. The van der Waals surface area contributed by atoms with Crippen LogP contribution >= 0.6 is 0 Å². The Morgan fingerprint density at radius 1 is 1.32 bits per heavy atom. The summed E-state index contributed by atoms with van der Waals surface area (Å²) in [4.78, 5) is 4.88. The fraction of sp³-hybridized carbons (Fsp3) is 0.333. The fourth-order valence-electron chi connectivity index (χ4n) is 2.75. The third-order valence-corrected chi connectivity index (χ3v) is 3.73. The van der Waals surface area contributed by atoms with Crippen LogP contribution in [0.1, 0.15) is 36.7 Å². The van der Waals surface area contributed by atoms with E-state index in [-0.39, 0.29) is 0 Å². The molecule has 0 saturated heterocycles. The monoisotopic (exact) mass is 295 g/mol. The number of nitrogens with zero attached hydrogens (tertiary/aromatic N) is 2. The topological polar surface area (TPSA) is 50.3 Å². The van der Waals surface area contributed by atoms with E-state index in [1.807, 2.05) is 31.2 Å². The molecule has 1 aliphatic rings. The average Bonchev–Trinajstić information content (AvgIpc) is 2.84. The minimum absolute atomic E-state index is 0.663. The van der Waals surface area contributed by atoms with Gasteiger partial charge in [-0.1, -0.05) is 18.2 Å². The number of aromatic amines is 1. The highest BCUT2D eigenvalue weighted by molar-refractivity contribution is 6.04. The molecule has 2 aromatic rings. The van der Waals surface area contributed by atoms with Crippen molar-refractivity contribution in [3.05, 3.63) is 53.4 Å². The van der Waals surface area contributed by atoms with Crippen LogP contribution in [0.2, 0.25) is 0 Å². The Bertz CT molecular complexity index is 713. The highest BCUT2D eigenvalue weighted by Gasteiger charge is 2.16. The molecule has 22 heavy (non-hydrogen) atoms. The lowest BCUT2D eigenvalue weighted by atomic mass is 9.99. The van der Waals surface area contributed by atoms with E-state index in [0.29, 0.717) is 6.61 Å². The van der Waals surface area contributed by atoms with Gasteiger partial charge in [0.1, 0.15) is 5.75 Å². The third kappa shape index (κ3) is 3.11. The molecule has 1 N–H and O–H groups in total. The molecule has 0 atom stereocenters. The number of rotatable bonds is 3.